The minimum Gasteiger partial charge on any atom is -0.356 e. The van der Waals surface area contributed by atoms with Crippen molar-refractivity contribution in [3.8, 4) is 0 Å². The van der Waals surface area contributed by atoms with Crippen molar-refractivity contribution in [1.82, 2.24) is 20.9 Å². The van der Waals surface area contributed by atoms with Gasteiger partial charge >= 0.3 is 0 Å². The Bertz CT molecular complexity index is 1640. The molecule has 1 aliphatic carbocycles. The Balaban J connectivity index is 1.39. The molecule has 5 rings (SSSR count). The second-order valence-electron chi connectivity index (χ2n) is 12.3. The molecule has 46 heavy (non-hydrogen) atoms. The Kier molecular flexibility index (Phi) is 11.1. The summed E-state index contributed by atoms with van der Waals surface area (Å²) >= 11 is 12.4. The molecule has 3 amide bonds. The second kappa shape index (κ2) is 15.2. The van der Waals surface area contributed by atoms with Crippen LogP contribution < -0.4 is 16.0 Å². The number of aromatic amines is 1. The summed E-state index contributed by atoms with van der Waals surface area (Å²) in [5.74, 6) is -5.06. The number of hydrogen-bond donors (Lipinski definition) is 4. The van der Waals surface area contributed by atoms with Gasteiger partial charge in [0.05, 0.1) is 16.8 Å². The molecule has 1 aromatic heterocycles. The highest BCUT2D eigenvalue weighted by atomic mass is 35.5. The highest BCUT2D eigenvalue weighted by Crippen LogP contribution is 2.29. The number of aromatic nitrogens is 1. The molecule has 0 bridgehead atoms. The first-order valence-corrected chi connectivity index (χ1v) is 16.5. The van der Waals surface area contributed by atoms with Gasteiger partial charge in [0, 0.05) is 46.8 Å². The van der Waals surface area contributed by atoms with E-state index in [1.807, 2.05) is 0 Å². The van der Waals surface area contributed by atoms with Crippen molar-refractivity contribution in [1.29, 1.82) is 0 Å². The number of Topliss-reactive ketones (excluding diaryl/α,β-unsaturated/α-hetero) is 2. The number of H-pyrrole nitrogens is 1. The van der Waals surface area contributed by atoms with Gasteiger partial charge in [-0.15, -0.1) is 0 Å². The standard InChI is InChI=1S/C34H37Cl2FN4O5/c35-22-16-26(36)25-18-28(40-27(25)17-22)30(42)15-21(12-19-6-4-8-23(37)13-19)33(45)41-29(14-20-7-5-11-38-32(20)44)31(43)34(46)39-24-9-2-1-3-10-24/h4,6,8,13,16-18,20-21,24,29,40H,1-3,5,7,9-12,14-15H2,(H,38,44)(H,39,46)(H,41,45)/t20-,21+,29-/m0/s1. The average Bonchev–Trinajstić information content (AvgIpc) is 3.46. The summed E-state index contributed by atoms with van der Waals surface area (Å²) in [7, 11) is 0. The number of carbonyl (C=O) groups excluding carboxylic acids is 5. The van der Waals surface area contributed by atoms with Crippen LogP contribution in [-0.4, -0.2) is 52.9 Å². The zero-order valence-corrected chi connectivity index (χ0v) is 26.8. The fourth-order valence-electron chi connectivity index (χ4n) is 6.38. The molecule has 1 saturated carbocycles. The Labute approximate surface area is 276 Å². The molecule has 9 nitrogen and oxygen atoms in total. The third-order valence-corrected chi connectivity index (χ3v) is 9.37. The molecule has 3 aromatic rings. The van der Waals surface area contributed by atoms with Gasteiger partial charge in [0.15, 0.2) is 5.78 Å². The van der Waals surface area contributed by atoms with E-state index >= 15 is 0 Å². The second-order valence-corrected chi connectivity index (χ2v) is 13.1. The Morgan fingerprint density at radius 2 is 1.76 bits per heavy atom. The number of fused-ring (bicyclic) bond motifs is 1. The number of carbonyl (C=O) groups is 5. The van der Waals surface area contributed by atoms with Crippen LogP contribution in [0.4, 0.5) is 4.39 Å². The number of ketones is 2. The first-order chi connectivity index (χ1) is 22.1. The first kappa shape index (κ1) is 33.6. The topological polar surface area (TPSA) is 137 Å². The maximum absolute atomic E-state index is 14.1. The maximum atomic E-state index is 14.1. The van der Waals surface area contributed by atoms with E-state index in [0.717, 1.165) is 32.1 Å². The largest absolute Gasteiger partial charge is 0.356 e. The van der Waals surface area contributed by atoms with E-state index in [2.05, 4.69) is 20.9 Å². The van der Waals surface area contributed by atoms with Gasteiger partial charge < -0.3 is 20.9 Å². The summed E-state index contributed by atoms with van der Waals surface area (Å²) in [6, 6.07) is 9.06. The smallest absolute Gasteiger partial charge is 0.289 e. The number of amides is 3. The molecule has 0 unspecified atom stereocenters. The molecule has 244 valence electrons. The van der Waals surface area contributed by atoms with Crippen molar-refractivity contribution in [2.45, 2.75) is 76.3 Å². The van der Waals surface area contributed by atoms with Gasteiger partial charge in [-0.25, -0.2) is 4.39 Å². The molecule has 4 N–H and O–H groups in total. The van der Waals surface area contributed by atoms with Crippen molar-refractivity contribution >= 4 is 63.4 Å². The molecule has 2 fully saturated rings. The lowest BCUT2D eigenvalue weighted by molar-refractivity contribution is -0.141. The van der Waals surface area contributed by atoms with Gasteiger partial charge in [-0.2, -0.15) is 0 Å². The molecular formula is C34H37Cl2FN4O5. The molecule has 1 saturated heterocycles. The van der Waals surface area contributed by atoms with Gasteiger partial charge in [0.2, 0.25) is 17.6 Å². The normalized spacial score (nSPS) is 18.4. The van der Waals surface area contributed by atoms with Crippen molar-refractivity contribution in [3.63, 3.8) is 0 Å². The van der Waals surface area contributed by atoms with Gasteiger partial charge in [-0.1, -0.05) is 54.6 Å². The van der Waals surface area contributed by atoms with Crippen LogP contribution in [0.2, 0.25) is 10.0 Å². The van der Waals surface area contributed by atoms with E-state index in [4.69, 9.17) is 23.2 Å². The first-order valence-electron chi connectivity index (χ1n) is 15.8. The van der Waals surface area contributed by atoms with Crippen LogP contribution in [0.25, 0.3) is 10.9 Å². The van der Waals surface area contributed by atoms with Crippen molar-refractivity contribution in [3.05, 3.63) is 69.6 Å². The van der Waals surface area contributed by atoms with Gasteiger partial charge in [-0.05, 0) is 74.4 Å². The van der Waals surface area contributed by atoms with Crippen LogP contribution >= 0.6 is 23.2 Å². The Hall–Kier alpha value is -3.76. The molecule has 0 radical (unpaired) electrons. The van der Waals surface area contributed by atoms with Crippen LogP contribution in [0.3, 0.4) is 0 Å². The van der Waals surface area contributed by atoms with Gasteiger partial charge in [-0.3, -0.25) is 24.0 Å². The summed E-state index contributed by atoms with van der Waals surface area (Å²) in [6.45, 7) is 0.519. The average molecular weight is 672 g/mol. The Morgan fingerprint density at radius 3 is 2.50 bits per heavy atom. The lowest BCUT2D eigenvalue weighted by atomic mass is 9.88. The fraction of sp³-hybridized carbons (Fsp3) is 0.441. The molecule has 0 spiro atoms. The third-order valence-electron chi connectivity index (χ3n) is 8.84. The molecule has 2 heterocycles. The zero-order chi connectivity index (χ0) is 32.8. The van der Waals surface area contributed by atoms with Crippen molar-refractivity contribution in [2.24, 2.45) is 11.8 Å². The van der Waals surface area contributed by atoms with Crippen LogP contribution in [0.1, 0.15) is 73.8 Å². The van der Waals surface area contributed by atoms with Crippen LogP contribution in [0.15, 0.2) is 42.5 Å². The quantitative estimate of drug-likeness (QED) is 0.150. The summed E-state index contributed by atoms with van der Waals surface area (Å²) in [5.41, 5.74) is 1.23. The van der Waals surface area contributed by atoms with Crippen LogP contribution in [0.5, 0.6) is 0 Å². The lowest BCUT2D eigenvalue weighted by Crippen LogP contribution is -2.53. The lowest BCUT2D eigenvalue weighted by Gasteiger charge is -2.28. The molecule has 3 atom stereocenters. The minimum atomic E-state index is -1.29. The molecule has 12 heteroatoms. The predicted octanol–water partition coefficient (Wildman–Crippen LogP) is 5.46. The Morgan fingerprint density at radius 1 is 0.978 bits per heavy atom. The number of rotatable bonds is 12. The SMILES string of the molecule is O=C(NC1CCCCC1)C(=O)[C@H](C[C@@H]1CCCNC1=O)NC(=O)[C@@H](CC(=O)c1cc2c(Cl)cc(Cl)cc2[nH]1)Cc1cccc(F)c1. The van der Waals surface area contributed by atoms with Crippen molar-refractivity contribution < 1.29 is 28.4 Å². The number of hydrogen-bond acceptors (Lipinski definition) is 5. The highest BCUT2D eigenvalue weighted by Gasteiger charge is 2.36. The molecule has 2 aromatic carbocycles. The summed E-state index contributed by atoms with van der Waals surface area (Å²) in [5, 5.41) is 9.63. The molecular weight excluding hydrogens is 634 g/mol. The van der Waals surface area contributed by atoms with Gasteiger partial charge in [0.25, 0.3) is 5.91 Å². The highest BCUT2D eigenvalue weighted by molar-refractivity contribution is 6.39. The van der Waals surface area contributed by atoms with E-state index < -0.39 is 47.1 Å². The summed E-state index contributed by atoms with van der Waals surface area (Å²) in [4.78, 5) is 69.8. The van der Waals surface area contributed by atoms with E-state index in [9.17, 15) is 28.4 Å². The monoisotopic (exact) mass is 670 g/mol. The van der Waals surface area contributed by atoms with E-state index in [1.54, 1.807) is 24.3 Å². The van der Waals surface area contributed by atoms with E-state index in [-0.39, 0.29) is 36.9 Å². The molecule has 2 aliphatic rings. The van der Waals surface area contributed by atoms with Crippen LogP contribution in [0, 0.1) is 17.7 Å². The van der Waals surface area contributed by atoms with E-state index in [1.165, 1.54) is 18.2 Å². The van der Waals surface area contributed by atoms with Gasteiger partial charge in [0.1, 0.15) is 5.82 Å². The summed E-state index contributed by atoms with van der Waals surface area (Å²) < 4.78 is 14.1. The van der Waals surface area contributed by atoms with E-state index in [0.29, 0.717) is 45.9 Å². The summed E-state index contributed by atoms with van der Waals surface area (Å²) in [6.07, 6.45) is 5.36. The number of halogens is 3. The number of benzene rings is 2. The third kappa shape index (κ3) is 8.53. The zero-order valence-electron chi connectivity index (χ0n) is 25.3. The fourth-order valence-corrected chi connectivity index (χ4v) is 6.93. The van der Waals surface area contributed by atoms with Crippen LogP contribution in [-0.2, 0) is 25.6 Å². The predicted molar refractivity (Wildman–Crippen MR) is 173 cm³/mol. The molecule has 1 aliphatic heterocycles. The minimum absolute atomic E-state index is 0.0127. The maximum Gasteiger partial charge on any atom is 0.289 e. The number of nitrogens with one attached hydrogen (secondary N) is 4. The van der Waals surface area contributed by atoms with Crippen molar-refractivity contribution in [2.75, 3.05) is 6.54 Å². The number of piperidine rings is 1.